The van der Waals surface area contributed by atoms with Crippen LogP contribution in [0.2, 0.25) is 0 Å². The number of oxime groups is 1. The van der Waals surface area contributed by atoms with Gasteiger partial charge in [-0.25, -0.2) is 4.89 Å². The van der Waals surface area contributed by atoms with Gasteiger partial charge >= 0.3 is 0 Å². The van der Waals surface area contributed by atoms with Gasteiger partial charge in [0.25, 0.3) is 12.4 Å². The van der Waals surface area contributed by atoms with Crippen molar-refractivity contribution in [3.8, 4) is 0 Å². The summed E-state index contributed by atoms with van der Waals surface area (Å²) >= 11 is 1.12. The standard InChI is InChI=1S/C21H29N3O5S.C2H4O2/c1-15(13-22-3)5-4-12-23-21(26)20(24-27-16(2)14-25)17-6-10-19(11-7-17)30-29-28-18-8-9-18;1-4-2-3/h4-7,10-11,13,16,18,22,25H,8-9,12,14H2,1-3H3,(H,23,26);2H,1H3/b5-4-,15-13-,24-20+;/t16-;/m1./s1. The minimum Gasteiger partial charge on any atom is -0.471 e. The van der Waals surface area contributed by atoms with Crippen LogP contribution < -0.4 is 10.6 Å². The Balaban J connectivity index is 0.00000133. The number of aliphatic hydroxyl groups is 1. The fraction of sp³-hybridized carbons (Fsp3) is 0.435. The monoisotopic (exact) mass is 495 g/mol. The van der Waals surface area contributed by atoms with Crippen molar-refractivity contribution in [1.82, 2.24) is 10.6 Å². The van der Waals surface area contributed by atoms with E-state index < -0.39 is 6.10 Å². The molecule has 0 spiro atoms. The Hall–Kier alpha value is -2.86. The molecule has 0 aliphatic heterocycles. The fourth-order valence-corrected chi connectivity index (χ4v) is 2.58. The summed E-state index contributed by atoms with van der Waals surface area (Å²) in [4.78, 5) is 32.8. The topological polar surface area (TPSA) is 128 Å². The highest BCUT2D eigenvalue weighted by atomic mass is 32.2. The Labute approximate surface area is 204 Å². The van der Waals surface area contributed by atoms with Crippen LogP contribution in [-0.2, 0) is 28.4 Å². The van der Waals surface area contributed by atoms with E-state index in [9.17, 15) is 4.79 Å². The summed E-state index contributed by atoms with van der Waals surface area (Å²) < 4.78 is 8.99. The first-order valence-corrected chi connectivity index (χ1v) is 11.4. The summed E-state index contributed by atoms with van der Waals surface area (Å²) in [5.41, 5.74) is 1.74. The van der Waals surface area contributed by atoms with Crippen LogP contribution in [0.1, 0.15) is 32.3 Å². The molecule has 3 N–H and O–H groups in total. The Bertz CT molecular complexity index is 824. The highest BCUT2D eigenvalue weighted by molar-refractivity contribution is 7.94. The minimum absolute atomic E-state index is 0.123. The van der Waals surface area contributed by atoms with E-state index in [0.717, 1.165) is 35.4 Å². The third-order valence-corrected chi connectivity index (χ3v) is 4.59. The average molecular weight is 496 g/mol. The molecule has 1 amide bonds. The Morgan fingerprint density at radius 2 is 2.00 bits per heavy atom. The molecule has 1 aliphatic carbocycles. The van der Waals surface area contributed by atoms with Crippen LogP contribution in [0, 0.1) is 0 Å². The molecule has 0 saturated heterocycles. The number of hydrogen-bond acceptors (Lipinski definition) is 10. The first-order valence-electron chi connectivity index (χ1n) is 10.6. The molecule has 1 fully saturated rings. The number of rotatable bonds is 14. The van der Waals surface area contributed by atoms with E-state index in [-0.39, 0.29) is 24.3 Å². The lowest BCUT2D eigenvalue weighted by Gasteiger charge is -2.10. The van der Waals surface area contributed by atoms with Crippen LogP contribution in [0.5, 0.6) is 0 Å². The number of benzene rings is 1. The van der Waals surface area contributed by atoms with Gasteiger partial charge in [0.15, 0.2) is 5.71 Å². The second-order valence-corrected chi connectivity index (χ2v) is 7.91. The maximum atomic E-state index is 12.7. The number of carbonyl (C=O) groups excluding carboxylic acids is 2. The van der Waals surface area contributed by atoms with Gasteiger partial charge in [0, 0.05) is 24.1 Å². The molecule has 0 bridgehead atoms. The molecule has 34 heavy (non-hydrogen) atoms. The van der Waals surface area contributed by atoms with Gasteiger partial charge in [-0.15, -0.1) is 0 Å². The number of carbonyl (C=O) groups is 2. The molecule has 10 nitrogen and oxygen atoms in total. The third-order valence-electron chi connectivity index (χ3n) is 3.98. The molecule has 0 heterocycles. The predicted octanol–water partition coefficient (Wildman–Crippen LogP) is 2.49. The van der Waals surface area contributed by atoms with E-state index >= 15 is 0 Å². The zero-order valence-corrected chi connectivity index (χ0v) is 20.7. The summed E-state index contributed by atoms with van der Waals surface area (Å²) in [6.45, 7) is 4.12. The average Bonchev–Trinajstić information content (AvgIpc) is 3.67. The zero-order chi connectivity index (χ0) is 25.2. The predicted molar refractivity (Wildman–Crippen MR) is 130 cm³/mol. The molecule has 0 unspecified atom stereocenters. The smallest absolute Gasteiger partial charge is 0.292 e. The number of allylic oxidation sites excluding steroid dienone is 2. The third kappa shape index (κ3) is 13.0. The molecule has 0 aromatic heterocycles. The van der Waals surface area contributed by atoms with Crippen molar-refractivity contribution >= 4 is 30.1 Å². The van der Waals surface area contributed by atoms with Crippen LogP contribution in [0.3, 0.4) is 0 Å². The normalized spacial score (nSPS) is 14.6. The highest BCUT2D eigenvalue weighted by Crippen LogP contribution is 2.28. The Morgan fingerprint density at radius 1 is 1.32 bits per heavy atom. The Morgan fingerprint density at radius 3 is 2.56 bits per heavy atom. The summed E-state index contributed by atoms with van der Waals surface area (Å²) in [7, 11) is 3.14. The van der Waals surface area contributed by atoms with E-state index in [1.165, 1.54) is 7.11 Å². The highest BCUT2D eigenvalue weighted by Gasteiger charge is 2.24. The lowest BCUT2D eigenvalue weighted by molar-refractivity contribution is -0.201. The molecule has 1 atom stereocenters. The van der Waals surface area contributed by atoms with Crippen molar-refractivity contribution in [2.24, 2.45) is 5.16 Å². The number of nitrogens with one attached hydrogen (secondary N) is 2. The second kappa shape index (κ2) is 17.6. The van der Waals surface area contributed by atoms with Crippen molar-refractivity contribution in [2.75, 3.05) is 27.3 Å². The van der Waals surface area contributed by atoms with Crippen molar-refractivity contribution in [1.29, 1.82) is 0 Å². The number of hydrogen-bond donors (Lipinski definition) is 3. The zero-order valence-electron chi connectivity index (χ0n) is 19.9. The van der Waals surface area contributed by atoms with Gasteiger partial charge in [-0.2, -0.15) is 4.33 Å². The molecule has 1 saturated carbocycles. The van der Waals surface area contributed by atoms with E-state index in [4.69, 9.17) is 24.0 Å². The van der Waals surface area contributed by atoms with E-state index in [0.29, 0.717) is 18.6 Å². The Kier molecular flexibility index (Phi) is 15.1. The molecular formula is C23H33N3O7S. The maximum absolute atomic E-state index is 12.7. The van der Waals surface area contributed by atoms with Gasteiger partial charge in [0.05, 0.1) is 31.9 Å². The van der Waals surface area contributed by atoms with E-state index in [1.807, 2.05) is 32.3 Å². The van der Waals surface area contributed by atoms with Crippen LogP contribution in [0.25, 0.3) is 0 Å². The maximum Gasteiger partial charge on any atom is 0.292 e. The molecule has 1 aromatic rings. The number of nitrogens with zero attached hydrogens (tertiary/aromatic N) is 1. The van der Waals surface area contributed by atoms with Crippen LogP contribution in [0.4, 0.5) is 0 Å². The van der Waals surface area contributed by atoms with Gasteiger partial charge < -0.3 is 25.3 Å². The molecule has 2 rings (SSSR count). The minimum atomic E-state index is -0.523. The number of methoxy groups -OCH3 is 1. The van der Waals surface area contributed by atoms with Gasteiger partial charge in [-0.3, -0.25) is 9.59 Å². The van der Waals surface area contributed by atoms with Gasteiger partial charge in [0.2, 0.25) is 0 Å². The van der Waals surface area contributed by atoms with E-state index in [2.05, 4.69) is 20.5 Å². The SMILES string of the molecule is CN/C=C(C)\C=C/CNC(=O)/C(=N/O[C@H](C)CO)c1ccc(SOOC2CC2)cc1.COC=O. The fourth-order valence-electron chi connectivity index (χ4n) is 2.10. The lowest BCUT2D eigenvalue weighted by Crippen LogP contribution is -2.32. The van der Waals surface area contributed by atoms with Gasteiger partial charge in [-0.05, 0) is 50.6 Å². The summed E-state index contributed by atoms with van der Waals surface area (Å²) in [6, 6.07) is 7.12. The van der Waals surface area contributed by atoms with Gasteiger partial charge in [-0.1, -0.05) is 29.4 Å². The summed E-state index contributed by atoms with van der Waals surface area (Å²) in [6.07, 6.45) is 7.33. The van der Waals surface area contributed by atoms with Crippen molar-refractivity contribution in [2.45, 2.75) is 43.8 Å². The molecular weight excluding hydrogens is 462 g/mol. The van der Waals surface area contributed by atoms with Crippen molar-refractivity contribution in [3.05, 3.63) is 53.8 Å². The molecule has 1 aromatic carbocycles. The largest absolute Gasteiger partial charge is 0.471 e. The number of amides is 1. The molecule has 188 valence electrons. The first kappa shape index (κ1) is 29.2. The van der Waals surface area contributed by atoms with Crippen LogP contribution >= 0.6 is 12.0 Å². The number of aliphatic hydroxyl groups excluding tert-OH is 1. The first-order chi connectivity index (χ1) is 16.4. The van der Waals surface area contributed by atoms with Crippen molar-refractivity contribution in [3.63, 3.8) is 0 Å². The summed E-state index contributed by atoms with van der Waals surface area (Å²) in [5.74, 6) is -0.381. The van der Waals surface area contributed by atoms with Crippen LogP contribution in [-0.4, -0.2) is 62.7 Å². The molecule has 0 radical (unpaired) electrons. The van der Waals surface area contributed by atoms with Crippen molar-refractivity contribution < 1.29 is 33.5 Å². The lowest BCUT2D eigenvalue weighted by atomic mass is 10.1. The quantitative estimate of drug-likeness (QED) is 0.0890. The van der Waals surface area contributed by atoms with Gasteiger partial charge in [0.1, 0.15) is 6.10 Å². The molecule has 11 heteroatoms. The second-order valence-electron chi connectivity index (χ2n) is 7.13. The number of ether oxygens (including phenoxy) is 1. The van der Waals surface area contributed by atoms with Crippen LogP contribution in [0.15, 0.2) is 58.2 Å². The summed E-state index contributed by atoms with van der Waals surface area (Å²) in [5, 5.41) is 18.8. The molecule has 1 aliphatic rings. The van der Waals surface area contributed by atoms with E-state index in [1.54, 1.807) is 31.2 Å².